The number of hydrogen-bond donors (Lipinski definition) is 2. The van der Waals surface area contributed by atoms with E-state index in [9.17, 15) is 4.79 Å². The second kappa shape index (κ2) is 4.16. The van der Waals surface area contributed by atoms with E-state index < -0.39 is 0 Å². The lowest BCUT2D eigenvalue weighted by molar-refractivity contribution is 0.260. The fraction of sp³-hybridized carbons (Fsp3) is 0.222. The molecule has 3 heteroatoms. The molecular weight excluding hydrogens is 170 g/mol. The number of carbonyl (C=O) groups is 1. The highest BCUT2D eigenvalue weighted by Gasteiger charge is 1.93. The van der Waals surface area contributed by atoms with Gasteiger partial charge < -0.3 is 5.32 Å². The monoisotopic (exact) mass is 181 g/mol. The third kappa shape index (κ3) is 2.96. The van der Waals surface area contributed by atoms with Crippen molar-refractivity contribution in [3.8, 4) is 0 Å². The number of amides is 1. The van der Waals surface area contributed by atoms with Crippen LogP contribution in [0.25, 0.3) is 0 Å². The number of rotatable bonds is 2. The highest BCUT2D eigenvalue weighted by molar-refractivity contribution is 7.96. The van der Waals surface area contributed by atoms with Crippen molar-refractivity contribution in [3.05, 3.63) is 35.4 Å². The van der Waals surface area contributed by atoms with Gasteiger partial charge in [-0.15, -0.1) is 0 Å². The molecule has 1 aromatic carbocycles. The molecule has 0 bridgehead atoms. The number of carbonyl (C=O) groups excluding carboxylic acids is 1. The molecule has 12 heavy (non-hydrogen) atoms. The van der Waals surface area contributed by atoms with Gasteiger partial charge in [0.25, 0.3) is 5.24 Å². The van der Waals surface area contributed by atoms with Crippen molar-refractivity contribution in [2.24, 2.45) is 0 Å². The van der Waals surface area contributed by atoms with Gasteiger partial charge in [-0.3, -0.25) is 4.79 Å². The summed E-state index contributed by atoms with van der Waals surface area (Å²) in [6.07, 6.45) is 0. The summed E-state index contributed by atoms with van der Waals surface area (Å²) in [5.74, 6) is 0. The third-order valence-corrected chi connectivity index (χ3v) is 1.72. The van der Waals surface area contributed by atoms with E-state index in [0.717, 1.165) is 5.56 Å². The summed E-state index contributed by atoms with van der Waals surface area (Å²) in [7, 11) is 0. The molecule has 0 aliphatic rings. The lowest BCUT2D eigenvalue weighted by Crippen LogP contribution is -2.15. The van der Waals surface area contributed by atoms with Crippen LogP contribution >= 0.6 is 12.6 Å². The predicted molar refractivity (Wildman–Crippen MR) is 52.4 cm³/mol. The molecule has 2 nitrogen and oxygen atoms in total. The average Bonchev–Trinajstić information content (AvgIpc) is 2.03. The van der Waals surface area contributed by atoms with E-state index >= 15 is 0 Å². The molecule has 64 valence electrons. The molecule has 0 unspecified atom stereocenters. The standard InChI is InChI=1S/C9H11NOS/c1-7-2-4-8(5-3-7)6-10-9(11)12/h2-5H,6H2,1H3,(H2,10,11,12). The van der Waals surface area contributed by atoms with Crippen LogP contribution in [0.5, 0.6) is 0 Å². The van der Waals surface area contributed by atoms with Crippen molar-refractivity contribution in [2.75, 3.05) is 0 Å². The number of thiol groups is 1. The summed E-state index contributed by atoms with van der Waals surface area (Å²) in [6.45, 7) is 2.57. The number of hydrogen-bond acceptors (Lipinski definition) is 1. The second-order valence-corrected chi connectivity index (χ2v) is 3.05. The van der Waals surface area contributed by atoms with Gasteiger partial charge in [-0.05, 0) is 12.5 Å². The SMILES string of the molecule is Cc1ccc(CNC(=O)S)cc1. The van der Waals surface area contributed by atoms with Crippen molar-refractivity contribution >= 4 is 17.9 Å². The van der Waals surface area contributed by atoms with E-state index in [-0.39, 0.29) is 5.24 Å². The van der Waals surface area contributed by atoms with Crippen LogP contribution in [0.3, 0.4) is 0 Å². The number of nitrogens with one attached hydrogen (secondary N) is 1. The molecule has 0 fully saturated rings. The Kier molecular flexibility index (Phi) is 3.17. The maximum atomic E-state index is 10.4. The smallest absolute Gasteiger partial charge is 0.276 e. The van der Waals surface area contributed by atoms with Crippen molar-refractivity contribution in [1.82, 2.24) is 5.32 Å². The van der Waals surface area contributed by atoms with E-state index in [0.29, 0.717) is 6.54 Å². The van der Waals surface area contributed by atoms with Gasteiger partial charge in [-0.1, -0.05) is 42.5 Å². The number of benzene rings is 1. The Morgan fingerprint density at radius 1 is 1.42 bits per heavy atom. The van der Waals surface area contributed by atoms with E-state index in [1.807, 2.05) is 31.2 Å². The first kappa shape index (κ1) is 9.13. The molecule has 0 aliphatic heterocycles. The Morgan fingerprint density at radius 3 is 2.50 bits per heavy atom. The summed E-state index contributed by atoms with van der Waals surface area (Å²) in [6, 6.07) is 8.00. The fourth-order valence-corrected chi connectivity index (χ4v) is 0.963. The molecule has 1 N–H and O–H groups in total. The minimum atomic E-state index is -0.296. The molecule has 0 aromatic heterocycles. The topological polar surface area (TPSA) is 29.1 Å². The summed E-state index contributed by atoms with van der Waals surface area (Å²) in [5.41, 5.74) is 2.30. The van der Waals surface area contributed by atoms with Crippen LogP contribution in [0.1, 0.15) is 11.1 Å². The third-order valence-electron chi connectivity index (χ3n) is 1.56. The van der Waals surface area contributed by atoms with Gasteiger partial charge in [0.15, 0.2) is 0 Å². The average molecular weight is 181 g/mol. The summed E-state index contributed by atoms with van der Waals surface area (Å²) >= 11 is 3.60. The zero-order valence-electron chi connectivity index (χ0n) is 6.87. The summed E-state index contributed by atoms with van der Waals surface area (Å²) in [5, 5.41) is 2.31. The van der Waals surface area contributed by atoms with Gasteiger partial charge in [0.1, 0.15) is 0 Å². The van der Waals surface area contributed by atoms with Crippen molar-refractivity contribution in [3.63, 3.8) is 0 Å². The first-order chi connectivity index (χ1) is 5.68. The second-order valence-electron chi connectivity index (χ2n) is 2.64. The molecule has 1 rings (SSSR count). The van der Waals surface area contributed by atoms with E-state index in [1.165, 1.54) is 5.56 Å². The van der Waals surface area contributed by atoms with E-state index in [4.69, 9.17) is 0 Å². The minimum Gasteiger partial charge on any atom is -0.343 e. The van der Waals surface area contributed by atoms with Crippen molar-refractivity contribution < 1.29 is 4.79 Å². The van der Waals surface area contributed by atoms with Crippen molar-refractivity contribution in [1.29, 1.82) is 0 Å². The quantitative estimate of drug-likeness (QED) is 0.672. The molecule has 1 amide bonds. The van der Waals surface area contributed by atoms with Crippen LogP contribution in [-0.4, -0.2) is 5.24 Å². The maximum absolute atomic E-state index is 10.4. The van der Waals surface area contributed by atoms with Crippen LogP contribution in [0.2, 0.25) is 0 Å². The van der Waals surface area contributed by atoms with E-state index in [2.05, 4.69) is 17.9 Å². The maximum Gasteiger partial charge on any atom is 0.276 e. The van der Waals surface area contributed by atoms with E-state index in [1.54, 1.807) is 0 Å². The fourth-order valence-electron chi connectivity index (χ4n) is 0.884. The molecule has 1 aromatic rings. The lowest BCUT2D eigenvalue weighted by Gasteiger charge is -2.01. The van der Waals surface area contributed by atoms with Crippen LogP contribution in [0.4, 0.5) is 4.79 Å². The molecule has 0 atom stereocenters. The predicted octanol–water partition coefficient (Wildman–Crippen LogP) is 2.13. The van der Waals surface area contributed by atoms with Crippen molar-refractivity contribution in [2.45, 2.75) is 13.5 Å². The Balaban J connectivity index is 2.53. The minimum absolute atomic E-state index is 0.296. The molecule has 0 saturated heterocycles. The van der Waals surface area contributed by atoms with Gasteiger partial charge in [0.2, 0.25) is 0 Å². The number of aryl methyl sites for hydroxylation is 1. The van der Waals surface area contributed by atoms with Crippen LogP contribution in [0.15, 0.2) is 24.3 Å². The van der Waals surface area contributed by atoms with Gasteiger partial charge in [0, 0.05) is 6.54 Å². The van der Waals surface area contributed by atoms with Gasteiger partial charge >= 0.3 is 0 Å². The Labute approximate surface area is 77.4 Å². The first-order valence-corrected chi connectivity index (χ1v) is 4.15. The molecule has 0 saturated carbocycles. The van der Waals surface area contributed by atoms with Crippen LogP contribution < -0.4 is 5.32 Å². The Hall–Kier alpha value is -0.960. The first-order valence-electron chi connectivity index (χ1n) is 3.71. The lowest BCUT2D eigenvalue weighted by atomic mass is 10.1. The molecular formula is C9H11NOS. The Morgan fingerprint density at radius 2 is 2.00 bits per heavy atom. The molecule has 0 spiro atoms. The summed E-state index contributed by atoms with van der Waals surface area (Å²) < 4.78 is 0. The summed E-state index contributed by atoms with van der Waals surface area (Å²) in [4.78, 5) is 10.4. The zero-order valence-corrected chi connectivity index (χ0v) is 7.77. The molecule has 0 heterocycles. The Bertz CT molecular complexity index is 268. The highest BCUT2D eigenvalue weighted by atomic mass is 32.1. The molecule has 0 aliphatic carbocycles. The zero-order chi connectivity index (χ0) is 8.97. The van der Waals surface area contributed by atoms with Gasteiger partial charge in [0.05, 0.1) is 0 Å². The van der Waals surface area contributed by atoms with Gasteiger partial charge in [-0.25, -0.2) is 0 Å². The highest BCUT2D eigenvalue weighted by Crippen LogP contribution is 2.02. The largest absolute Gasteiger partial charge is 0.343 e. The molecule has 0 radical (unpaired) electrons. The van der Waals surface area contributed by atoms with Gasteiger partial charge in [-0.2, -0.15) is 0 Å². The van der Waals surface area contributed by atoms with Crippen LogP contribution in [-0.2, 0) is 6.54 Å². The van der Waals surface area contributed by atoms with Crippen LogP contribution in [0, 0.1) is 6.92 Å². The normalized spacial score (nSPS) is 9.50.